The van der Waals surface area contributed by atoms with E-state index in [9.17, 15) is 14.9 Å². The topological polar surface area (TPSA) is 87.5 Å². The lowest BCUT2D eigenvalue weighted by Crippen LogP contribution is -2.22. The molecule has 7 heteroatoms. The van der Waals surface area contributed by atoms with E-state index in [1.807, 2.05) is 24.3 Å². The van der Waals surface area contributed by atoms with Crippen LogP contribution >= 0.6 is 0 Å². The Balaban J connectivity index is 1.36. The van der Waals surface area contributed by atoms with Crippen LogP contribution in [0.3, 0.4) is 0 Å². The van der Waals surface area contributed by atoms with Gasteiger partial charge in [0.2, 0.25) is 5.91 Å². The Hall–Kier alpha value is -3.87. The summed E-state index contributed by atoms with van der Waals surface area (Å²) in [6, 6.07) is 22.6. The highest BCUT2D eigenvalue weighted by Gasteiger charge is 2.19. The Morgan fingerprint density at radius 3 is 2.52 bits per heavy atom. The zero-order chi connectivity index (χ0) is 21.6. The molecule has 4 rings (SSSR count). The van der Waals surface area contributed by atoms with Crippen LogP contribution in [0.15, 0.2) is 72.8 Å². The smallest absolute Gasteiger partial charge is 0.292 e. The Bertz CT molecular complexity index is 1100. The number of fused-ring (bicyclic) bond motifs is 1. The number of carbonyl (C=O) groups excluding carboxylic acids is 1. The van der Waals surface area contributed by atoms with Crippen LogP contribution < -0.4 is 15.5 Å². The van der Waals surface area contributed by atoms with Gasteiger partial charge in [0.1, 0.15) is 5.69 Å². The molecule has 0 bridgehead atoms. The molecule has 1 amide bonds. The number of hydrogen-bond donors (Lipinski definition) is 2. The molecule has 0 spiro atoms. The number of nitrogens with one attached hydrogen (secondary N) is 2. The van der Waals surface area contributed by atoms with Gasteiger partial charge in [-0.2, -0.15) is 0 Å². The molecule has 31 heavy (non-hydrogen) atoms. The fourth-order valence-corrected chi connectivity index (χ4v) is 3.86. The Morgan fingerprint density at radius 2 is 1.68 bits per heavy atom. The Labute approximate surface area is 180 Å². The van der Waals surface area contributed by atoms with E-state index >= 15 is 0 Å². The second kappa shape index (κ2) is 9.30. The lowest BCUT2D eigenvalue weighted by atomic mass is 10.1. The number of benzene rings is 3. The van der Waals surface area contributed by atoms with Gasteiger partial charge >= 0.3 is 0 Å². The molecular formula is C24H24N4O3. The van der Waals surface area contributed by atoms with E-state index in [1.54, 1.807) is 18.2 Å². The predicted octanol–water partition coefficient (Wildman–Crippen LogP) is 4.60. The predicted molar refractivity (Wildman–Crippen MR) is 122 cm³/mol. The zero-order valence-corrected chi connectivity index (χ0v) is 17.1. The number of nitrogens with zero attached hydrogens (tertiary/aromatic N) is 2. The van der Waals surface area contributed by atoms with E-state index in [4.69, 9.17) is 0 Å². The number of hydrogen-bond acceptors (Lipinski definition) is 5. The molecule has 0 fully saturated rings. The Kier molecular flexibility index (Phi) is 6.12. The third kappa shape index (κ3) is 4.83. The quantitative estimate of drug-likeness (QED) is 0.414. The highest BCUT2D eigenvalue weighted by molar-refractivity contribution is 5.92. The van der Waals surface area contributed by atoms with Gasteiger partial charge in [-0.1, -0.05) is 48.5 Å². The van der Waals surface area contributed by atoms with Gasteiger partial charge in [0.15, 0.2) is 0 Å². The maximum absolute atomic E-state index is 12.5. The average molecular weight is 416 g/mol. The third-order valence-corrected chi connectivity index (χ3v) is 5.40. The SMILES string of the molecule is O=C(CCNc1ccccc1[N+](=O)[O-])Nc1ccccc1CN1CCc2ccccc21. The summed E-state index contributed by atoms with van der Waals surface area (Å²) >= 11 is 0. The number of para-hydroxylation sites is 4. The van der Waals surface area contributed by atoms with Crippen molar-refractivity contribution in [1.82, 2.24) is 0 Å². The molecule has 158 valence electrons. The summed E-state index contributed by atoms with van der Waals surface area (Å²) in [7, 11) is 0. The van der Waals surface area contributed by atoms with Crippen LogP contribution in [-0.2, 0) is 17.8 Å². The molecule has 1 aliphatic heterocycles. The van der Waals surface area contributed by atoms with Gasteiger partial charge in [-0.25, -0.2) is 0 Å². The van der Waals surface area contributed by atoms with Gasteiger partial charge in [-0.05, 0) is 35.7 Å². The minimum atomic E-state index is -0.435. The van der Waals surface area contributed by atoms with E-state index in [0.717, 1.165) is 30.8 Å². The zero-order valence-electron chi connectivity index (χ0n) is 17.1. The third-order valence-electron chi connectivity index (χ3n) is 5.40. The molecular weight excluding hydrogens is 392 g/mol. The molecule has 3 aromatic rings. The summed E-state index contributed by atoms with van der Waals surface area (Å²) in [4.78, 5) is 25.5. The Morgan fingerprint density at radius 1 is 0.968 bits per heavy atom. The van der Waals surface area contributed by atoms with Crippen molar-refractivity contribution in [2.24, 2.45) is 0 Å². The summed E-state index contributed by atoms with van der Waals surface area (Å²) in [6.45, 7) is 1.99. The molecule has 1 heterocycles. The summed E-state index contributed by atoms with van der Waals surface area (Å²) in [5.74, 6) is -0.139. The standard InChI is InChI=1S/C24H24N4O3/c29-24(13-15-25-21-10-4-6-12-23(21)28(30)31)26-20-9-3-1-8-19(20)17-27-16-14-18-7-2-5-11-22(18)27/h1-12,25H,13-17H2,(H,26,29). The van der Waals surface area contributed by atoms with E-state index in [-0.39, 0.29) is 18.0 Å². The van der Waals surface area contributed by atoms with E-state index in [2.05, 4.69) is 39.8 Å². The highest BCUT2D eigenvalue weighted by atomic mass is 16.6. The summed E-state index contributed by atoms with van der Waals surface area (Å²) in [5, 5.41) is 17.1. The van der Waals surface area contributed by atoms with Crippen LogP contribution in [0.5, 0.6) is 0 Å². The average Bonchev–Trinajstić information content (AvgIpc) is 3.18. The molecule has 0 unspecified atom stereocenters. The van der Waals surface area contributed by atoms with Crippen molar-refractivity contribution >= 4 is 28.7 Å². The van der Waals surface area contributed by atoms with Crippen molar-refractivity contribution in [3.8, 4) is 0 Å². The maximum Gasteiger partial charge on any atom is 0.292 e. The molecule has 0 saturated carbocycles. The van der Waals surface area contributed by atoms with Crippen molar-refractivity contribution in [1.29, 1.82) is 0 Å². The molecule has 7 nitrogen and oxygen atoms in total. The second-order valence-electron chi connectivity index (χ2n) is 7.46. The lowest BCUT2D eigenvalue weighted by Gasteiger charge is -2.21. The first-order chi connectivity index (χ1) is 15.1. The largest absolute Gasteiger partial charge is 0.379 e. The summed E-state index contributed by atoms with van der Waals surface area (Å²) in [6.07, 6.45) is 1.23. The van der Waals surface area contributed by atoms with E-state index in [1.165, 1.54) is 17.3 Å². The molecule has 1 aliphatic rings. The summed E-state index contributed by atoms with van der Waals surface area (Å²) in [5.41, 5.74) is 4.86. The molecule has 0 radical (unpaired) electrons. The first kappa shape index (κ1) is 20.4. The van der Waals surface area contributed by atoms with Crippen molar-refractivity contribution < 1.29 is 9.72 Å². The molecule has 0 aromatic heterocycles. The van der Waals surface area contributed by atoms with Crippen LogP contribution in [-0.4, -0.2) is 23.9 Å². The fourth-order valence-electron chi connectivity index (χ4n) is 3.86. The van der Waals surface area contributed by atoms with Crippen molar-refractivity contribution in [3.05, 3.63) is 94.0 Å². The van der Waals surface area contributed by atoms with Gasteiger partial charge in [0, 0.05) is 43.5 Å². The molecule has 0 aliphatic carbocycles. The van der Waals surface area contributed by atoms with E-state index in [0.29, 0.717) is 12.2 Å². The molecule has 3 aromatic carbocycles. The first-order valence-electron chi connectivity index (χ1n) is 10.3. The number of carbonyl (C=O) groups is 1. The minimum absolute atomic E-state index is 0.000789. The van der Waals surface area contributed by atoms with Gasteiger partial charge in [0.25, 0.3) is 5.69 Å². The fraction of sp³-hybridized carbons (Fsp3) is 0.208. The van der Waals surface area contributed by atoms with Gasteiger partial charge in [-0.3, -0.25) is 14.9 Å². The molecule has 0 atom stereocenters. The number of nitro groups is 1. The minimum Gasteiger partial charge on any atom is -0.379 e. The van der Waals surface area contributed by atoms with Gasteiger partial charge in [0.05, 0.1) is 4.92 Å². The lowest BCUT2D eigenvalue weighted by molar-refractivity contribution is -0.384. The van der Waals surface area contributed by atoms with Crippen molar-refractivity contribution in [2.45, 2.75) is 19.4 Å². The van der Waals surface area contributed by atoms with Crippen LogP contribution in [0.4, 0.5) is 22.7 Å². The molecule has 0 saturated heterocycles. The van der Waals surface area contributed by atoms with Crippen LogP contribution in [0.2, 0.25) is 0 Å². The van der Waals surface area contributed by atoms with E-state index < -0.39 is 4.92 Å². The maximum atomic E-state index is 12.5. The normalized spacial score (nSPS) is 12.3. The van der Waals surface area contributed by atoms with Crippen LogP contribution in [0.1, 0.15) is 17.5 Å². The van der Waals surface area contributed by atoms with Gasteiger partial charge < -0.3 is 15.5 Å². The van der Waals surface area contributed by atoms with Crippen LogP contribution in [0, 0.1) is 10.1 Å². The number of anilines is 3. The highest BCUT2D eigenvalue weighted by Crippen LogP contribution is 2.30. The number of rotatable bonds is 8. The monoisotopic (exact) mass is 416 g/mol. The van der Waals surface area contributed by atoms with Gasteiger partial charge in [-0.15, -0.1) is 0 Å². The van der Waals surface area contributed by atoms with Crippen molar-refractivity contribution in [2.75, 3.05) is 28.6 Å². The number of amides is 1. The molecule has 2 N–H and O–H groups in total. The van der Waals surface area contributed by atoms with Crippen LogP contribution in [0.25, 0.3) is 0 Å². The first-order valence-corrected chi connectivity index (χ1v) is 10.3. The van der Waals surface area contributed by atoms with Crippen molar-refractivity contribution in [3.63, 3.8) is 0 Å². The summed E-state index contributed by atoms with van der Waals surface area (Å²) < 4.78 is 0. The number of nitro benzene ring substituents is 1. The second-order valence-corrected chi connectivity index (χ2v) is 7.46.